The van der Waals surface area contributed by atoms with Gasteiger partial charge in [-0.15, -0.1) is 0 Å². The number of hydrogen-bond donors (Lipinski definition) is 1. The Morgan fingerprint density at radius 3 is 1.93 bits per heavy atom. The molecule has 1 fully saturated rings. The number of hydrogen-bond acceptors (Lipinski definition) is 3. The summed E-state index contributed by atoms with van der Waals surface area (Å²) in [6.07, 6.45) is 2.16. The molecule has 2 N–H and O–H groups in total. The second-order valence-electron chi connectivity index (χ2n) is 3.68. The van der Waals surface area contributed by atoms with E-state index in [9.17, 15) is 0 Å². The monoisotopic (exact) mass is 273 g/mol. The molecule has 78 valence electrons. The molecule has 1 rings (SSSR count). The van der Waals surface area contributed by atoms with Gasteiger partial charge in [0, 0.05) is 26.2 Å². The van der Waals surface area contributed by atoms with Crippen molar-refractivity contribution in [3.63, 3.8) is 0 Å². The van der Waals surface area contributed by atoms with Gasteiger partial charge in [-0.3, -0.25) is 0 Å². The van der Waals surface area contributed by atoms with E-state index in [0.717, 1.165) is 25.9 Å². The van der Waals surface area contributed by atoms with Crippen LogP contribution in [0.5, 0.6) is 0 Å². The first-order valence-electron chi connectivity index (χ1n) is 5.31. The third-order valence-corrected chi connectivity index (χ3v) is 2.62. The normalized spacial score (nSPS) is 19.3. The number of piperazine rings is 1. The molecule has 0 unspecified atom stereocenters. The summed E-state index contributed by atoms with van der Waals surface area (Å²) in [5.41, 5.74) is 5.48. The van der Waals surface area contributed by atoms with E-state index in [1.165, 1.54) is 32.7 Å². The molecule has 1 aliphatic heterocycles. The maximum atomic E-state index is 5.48. The van der Waals surface area contributed by atoms with Crippen molar-refractivity contribution in [3.05, 3.63) is 6.92 Å². The molecule has 0 amide bonds. The quantitative estimate of drug-likeness (QED) is 0.725. The largest absolute Gasteiger partial charge is 3.00 e. The van der Waals surface area contributed by atoms with Gasteiger partial charge in [0.2, 0.25) is 0 Å². The summed E-state index contributed by atoms with van der Waals surface area (Å²) in [7, 11) is 0. The zero-order valence-corrected chi connectivity index (χ0v) is 12.0. The topological polar surface area (TPSA) is 32.5 Å². The summed E-state index contributed by atoms with van der Waals surface area (Å²) in [5.74, 6) is 0. The van der Waals surface area contributed by atoms with Crippen LogP contribution in [0.4, 0.5) is 0 Å². The average Bonchev–Trinajstić information content (AvgIpc) is 2.17. The van der Waals surface area contributed by atoms with E-state index in [2.05, 4.69) is 16.7 Å². The second-order valence-corrected chi connectivity index (χ2v) is 3.68. The summed E-state index contributed by atoms with van der Waals surface area (Å²) >= 11 is 0. The zero-order valence-electron chi connectivity index (χ0n) is 9.12. The fraction of sp³-hybridized carbons (Fsp3) is 0.900. The fourth-order valence-electron chi connectivity index (χ4n) is 1.78. The summed E-state index contributed by atoms with van der Waals surface area (Å²) in [4.78, 5) is 5.00. The summed E-state index contributed by atoms with van der Waals surface area (Å²) in [6.45, 7) is 11.9. The van der Waals surface area contributed by atoms with Crippen LogP contribution < -0.4 is 5.73 Å². The van der Waals surface area contributed by atoms with Gasteiger partial charge in [-0.1, -0.05) is 0 Å². The third kappa shape index (κ3) is 5.77. The maximum absolute atomic E-state index is 5.48. The van der Waals surface area contributed by atoms with Gasteiger partial charge in [0.05, 0.1) is 0 Å². The molecule has 3 nitrogen and oxygen atoms in total. The first kappa shape index (κ1) is 15.0. The van der Waals surface area contributed by atoms with Gasteiger partial charge in [-0.25, -0.2) is 0 Å². The van der Waals surface area contributed by atoms with E-state index >= 15 is 0 Å². The van der Waals surface area contributed by atoms with E-state index in [1.54, 1.807) is 0 Å². The molecule has 0 spiro atoms. The summed E-state index contributed by atoms with van der Waals surface area (Å²) in [6, 6.07) is 0. The summed E-state index contributed by atoms with van der Waals surface area (Å²) < 4.78 is 0. The molecule has 1 heterocycles. The van der Waals surface area contributed by atoms with Gasteiger partial charge in [0.15, 0.2) is 0 Å². The van der Waals surface area contributed by atoms with Gasteiger partial charge in [-0.05, 0) is 26.1 Å². The maximum Gasteiger partial charge on any atom is 3.00 e. The molecule has 1 saturated heterocycles. The van der Waals surface area contributed by atoms with Crippen molar-refractivity contribution in [3.8, 4) is 0 Å². The molecule has 0 bridgehead atoms. The minimum atomic E-state index is 0. The minimum Gasteiger partial charge on any atom is -0.342 e. The number of nitrogens with two attached hydrogens (primary N) is 1. The van der Waals surface area contributed by atoms with E-state index < -0.39 is 0 Å². The molecular weight excluding hydrogens is 251 g/mol. The van der Waals surface area contributed by atoms with Gasteiger partial charge in [-0.2, -0.15) is 6.42 Å². The van der Waals surface area contributed by atoms with Crippen LogP contribution in [0.15, 0.2) is 0 Å². The number of nitrogens with zero attached hydrogens (tertiary/aromatic N) is 2. The Balaban J connectivity index is 0.00000169. The SMILES string of the molecule is [CH2-]CCN1CCN(CCCN)CC1.[Y+3]. The van der Waals surface area contributed by atoms with Crippen molar-refractivity contribution in [2.75, 3.05) is 45.8 Å². The van der Waals surface area contributed by atoms with Gasteiger partial charge in [0.25, 0.3) is 0 Å². The van der Waals surface area contributed by atoms with Crippen LogP contribution in [0.25, 0.3) is 0 Å². The average molecular weight is 273 g/mol. The smallest absolute Gasteiger partial charge is 0.342 e. The molecule has 0 radical (unpaired) electrons. The Kier molecular flexibility index (Phi) is 9.88. The summed E-state index contributed by atoms with van der Waals surface area (Å²) in [5, 5.41) is 0. The van der Waals surface area contributed by atoms with Crippen LogP contribution in [-0.4, -0.2) is 55.6 Å². The van der Waals surface area contributed by atoms with Crippen molar-refractivity contribution >= 4 is 0 Å². The molecule has 0 aliphatic carbocycles. The molecule has 0 aromatic carbocycles. The Morgan fingerprint density at radius 1 is 1.00 bits per heavy atom. The Bertz CT molecular complexity index is 125. The standard InChI is InChI=1S/C10H22N3.Y/c1-2-5-12-7-9-13(10-8-12)6-3-4-11;/h1-11H2;/q-1;+3. The minimum absolute atomic E-state index is 0. The van der Waals surface area contributed by atoms with Crippen LogP contribution in [-0.2, 0) is 32.7 Å². The molecule has 0 saturated carbocycles. The van der Waals surface area contributed by atoms with Crippen LogP contribution >= 0.6 is 0 Å². The van der Waals surface area contributed by atoms with Gasteiger partial charge < -0.3 is 22.5 Å². The number of rotatable bonds is 5. The first-order chi connectivity index (χ1) is 6.36. The molecule has 0 aromatic heterocycles. The molecule has 14 heavy (non-hydrogen) atoms. The van der Waals surface area contributed by atoms with E-state index in [1.807, 2.05) is 0 Å². The molecular formula is C10H22N3Y+2. The van der Waals surface area contributed by atoms with Crippen molar-refractivity contribution in [1.29, 1.82) is 0 Å². The Morgan fingerprint density at radius 2 is 1.50 bits per heavy atom. The van der Waals surface area contributed by atoms with Crippen molar-refractivity contribution in [2.45, 2.75) is 12.8 Å². The van der Waals surface area contributed by atoms with E-state index in [4.69, 9.17) is 5.73 Å². The predicted octanol–water partition coefficient (Wildman–Crippen LogP) is 0.174. The second kappa shape index (κ2) is 9.23. The molecule has 1 aliphatic rings. The van der Waals surface area contributed by atoms with Crippen LogP contribution in [0, 0.1) is 6.92 Å². The fourth-order valence-corrected chi connectivity index (χ4v) is 1.78. The predicted molar refractivity (Wildman–Crippen MR) is 56.5 cm³/mol. The van der Waals surface area contributed by atoms with E-state index in [0.29, 0.717) is 0 Å². The van der Waals surface area contributed by atoms with Crippen LogP contribution in [0.3, 0.4) is 0 Å². The molecule has 0 atom stereocenters. The molecule has 0 aromatic rings. The van der Waals surface area contributed by atoms with Crippen molar-refractivity contribution < 1.29 is 32.7 Å². The van der Waals surface area contributed by atoms with Crippen LogP contribution in [0.2, 0.25) is 0 Å². The Hall–Kier alpha value is 0.984. The zero-order chi connectivity index (χ0) is 9.52. The van der Waals surface area contributed by atoms with Crippen molar-refractivity contribution in [2.24, 2.45) is 5.73 Å². The third-order valence-electron chi connectivity index (χ3n) is 2.62. The first-order valence-corrected chi connectivity index (χ1v) is 5.31. The van der Waals surface area contributed by atoms with E-state index in [-0.39, 0.29) is 32.7 Å². The van der Waals surface area contributed by atoms with Gasteiger partial charge >= 0.3 is 32.7 Å². The molecule has 4 heteroatoms. The van der Waals surface area contributed by atoms with Gasteiger partial charge in [0.1, 0.15) is 0 Å². The van der Waals surface area contributed by atoms with Crippen LogP contribution in [0.1, 0.15) is 12.8 Å². The van der Waals surface area contributed by atoms with Crippen molar-refractivity contribution in [1.82, 2.24) is 9.80 Å². The Labute approximate surface area is 113 Å².